The monoisotopic (exact) mass is 316 g/mol. The Kier molecular flexibility index (Phi) is 4.36. The number of hydrogen-bond donors (Lipinski definition) is 0. The molecule has 1 aromatic rings. The van der Waals surface area contributed by atoms with E-state index in [1.807, 2.05) is 0 Å². The van der Waals surface area contributed by atoms with E-state index in [2.05, 4.69) is 19.7 Å². The smallest absolute Gasteiger partial charge is 0.223 e. The third kappa shape index (κ3) is 3.02. The Balaban J connectivity index is 1.51. The predicted molar refractivity (Wildman–Crippen MR) is 87.8 cm³/mol. The molecule has 0 bridgehead atoms. The summed E-state index contributed by atoms with van der Waals surface area (Å²) in [4.78, 5) is 14.9. The van der Waals surface area contributed by atoms with Crippen LogP contribution in [0, 0.1) is 5.92 Å². The van der Waals surface area contributed by atoms with Gasteiger partial charge >= 0.3 is 0 Å². The minimum Gasteiger partial charge on any atom is -0.332 e. The SMILES string of the molecule is O=C(CC1CCCC1)N1CCCC1c1nnc2n1CCCCC2. The molecule has 5 nitrogen and oxygen atoms in total. The van der Waals surface area contributed by atoms with E-state index in [1.165, 1.54) is 44.9 Å². The van der Waals surface area contributed by atoms with Crippen LogP contribution in [0.15, 0.2) is 0 Å². The van der Waals surface area contributed by atoms with Crippen LogP contribution in [0.2, 0.25) is 0 Å². The summed E-state index contributed by atoms with van der Waals surface area (Å²) in [6, 6.07) is 0.170. The molecule has 1 amide bonds. The van der Waals surface area contributed by atoms with E-state index in [1.54, 1.807) is 0 Å². The number of aromatic nitrogens is 3. The van der Waals surface area contributed by atoms with Gasteiger partial charge in [-0.15, -0.1) is 10.2 Å². The highest BCUT2D eigenvalue weighted by atomic mass is 16.2. The summed E-state index contributed by atoms with van der Waals surface area (Å²) in [7, 11) is 0. The predicted octanol–water partition coefficient (Wildman–Crippen LogP) is 3.25. The van der Waals surface area contributed by atoms with Crippen molar-refractivity contribution in [1.82, 2.24) is 19.7 Å². The van der Waals surface area contributed by atoms with Crippen LogP contribution in [0.25, 0.3) is 0 Å². The number of carbonyl (C=O) groups is 1. The van der Waals surface area contributed by atoms with E-state index in [-0.39, 0.29) is 6.04 Å². The summed E-state index contributed by atoms with van der Waals surface area (Å²) in [6.45, 7) is 1.93. The van der Waals surface area contributed by atoms with Crippen molar-refractivity contribution in [3.8, 4) is 0 Å². The minimum atomic E-state index is 0.170. The van der Waals surface area contributed by atoms with Crippen LogP contribution in [0.1, 0.15) is 81.9 Å². The van der Waals surface area contributed by atoms with Gasteiger partial charge in [-0.2, -0.15) is 0 Å². The van der Waals surface area contributed by atoms with Gasteiger partial charge in [0.05, 0.1) is 6.04 Å². The molecule has 1 aliphatic carbocycles. The van der Waals surface area contributed by atoms with Crippen molar-refractivity contribution >= 4 is 5.91 Å². The van der Waals surface area contributed by atoms with E-state index < -0.39 is 0 Å². The van der Waals surface area contributed by atoms with Gasteiger partial charge in [0.25, 0.3) is 0 Å². The van der Waals surface area contributed by atoms with E-state index in [0.717, 1.165) is 50.4 Å². The van der Waals surface area contributed by atoms with Crippen LogP contribution >= 0.6 is 0 Å². The van der Waals surface area contributed by atoms with E-state index >= 15 is 0 Å². The molecule has 5 heteroatoms. The molecule has 1 atom stereocenters. The molecule has 23 heavy (non-hydrogen) atoms. The lowest BCUT2D eigenvalue weighted by Gasteiger charge is -2.26. The van der Waals surface area contributed by atoms with Crippen molar-refractivity contribution in [2.45, 2.75) is 83.2 Å². The molecule has 1 saturated carbocycles. The van der Waals surface area contributed by atoms with Gasteiger partial charge in [-0.05, 0) is 44.4 Å². The van der Waals surface area contributed by atoms with Crippen LogP contribution in [-0.4, -0.2) is 32.1 Å². The van der Waals surface area contributed by atoms with Gasteiger partial charge in [0.15, 0.2) is 5.82 Å². The Bertz CT molecular complexity index is 561. The van der Waals surface area contributed by atoms with Gasteiger partial charge in [0.1, 0.15) is 5.82 Å². The number of aryl methyl sites for hydroxylation is 1. The first-order valence-corrected chi connectivity index (χ1v) is 9.54. The number of hydrogen-bond acceptors (Lipinski definition) is 3. The van der Waals surface area contributed by atoms with Crippen LogP contribution in [0.4, 0.5) is 0 Å². The number of carbonyl (C=O) groups excluding carboxylic acids is 1. The number of nitrogens with zero attached hydrogens (tertiary/aromatic N) is 4. The zero-order chi connectivity index (χ0) is 15.6. The van der Waals surface area contributed by atoms with Crippen molar-refractivity contribution in [3.05, 3.63) is 11.6 Å². The molecule has 1 aromatic heterocycles. The Hall–Kier alpha value is -1.39. The van der Waals surface area contributed by atoms with Crippen LogP contribution in [0.5, 0.6) is 0 Å². The van der Waals surface area contributed by atoms with Crippen molar-refractivity contribution in [1.29, 1.82) is 0 Å². The molecule has 0 spiro atoms. The first-order valence-electron chi connectivity index (χ1n) is 9.54. The average Bonchev–Trinajstić information content (AvgIpc) is 3.26. The third-order valence-corrected chi connectivity index (χ3v) is 5.95. The largest absolute Gasteiger partial charge is 0.332 e. The topological polar surface area (TPSA) is 51.0 Å². The molecule has 0 radical (unpaired) electrons. The lowest BCUT2D eigenvalue weighted by Crippen LogP contribution is -2.33. The summed E-state index contributed by atoms with van der Waals surface area (Å²) < 4.78 is 2.32. The lowest BCUT2D eigenvalue weighted by molar-refractivity contribution is -0.133. The zero-order valence-corrected chi connectivity index (χ0v) is 14.0. The number of amides is 1. The minimum absolute atomic E-state index is 0.170. The molecule has 0 aromatic carbocycles. The number of fused-ring (bicyclic) bond motifs is 1. The van der Waals surface area contributed by atoms with Crippen LogP contribution in [0.3, 0.4) is 0 Å². The summed E-state index contributed by atoms with van der Waals surface area (Å²) in [5.74, 6) is 3.16. The second-order valence-corrected chi connectivity index (χ2v) is 7.54. The van der Waals surface area contributed by atoms with Gasteiger partial charge in [0, 0.05) is 25.9 Å². The Morgan fingerprint density at radius 2 is 1.83 bits per heavy atom. The highest BCUT2D eigenvalue weighted by molar-refractivity contribution is 5.77. The first-order chi connectivity index (χ1) is 11.3. The Morgan fingerprint density at radius 3 is 2.70 bits per heavy atom. The van der Waals surface area contributed by atoms with E-state index in [9.17, 15) is 4.79 Å². The van der Waals surface area contributed by atoms with Crippen molar-refractivity contribution in [2.75, 3.05) is 6.54 Å². The fourth-order valence-corrected chi connectivity index (χ4v) is 4.67. The molecule has 3 aliphatic rings. The van der Waals surface area contributed by atoms with E-state index in [0.29, 0.717) is 11.8 Å². The second kappa shape index (κ2) is 6.62. The summed E-state index contributed by atoms with van der Waals surface area (Å²) in [5, 5.41) is 8.94. The maximum absolute atomic E-state index is 12.8. The summed E-state index contributed by atoms with van der Waals surface area (Å²) in [5.41, 5.74) is 0. The summed E-state index contributed by atoms with van der Waals surface area (Å²) in [6.07, 6.45) is 12.7. The number of rotatable bonds is 3. The standard InChI is InChI=1S/C18H28N4O/c23-17(13-14-7-3-4-8-14)21-12-6-9-15(21)18-20-19-16-10-2-1-5-11-22(16)18/h14-15H,1-13H2. The van der Waals surface area contributed by atoms with E-state index in [4.69, 9.17) is 0 Å². The molecule has 0 N–H and O–H groups in total. The van der Waals surface area contributed by atoms with Gasteiger partial charge in [-0.25, -0.2) is 0 Å². The van der Waals surface area contributed by atoms with Gasteiger partial charge in [0.2, 0.25) is 5.91 Å². The fraction of sp³-hybridized carbons (Fsp3) is 0.833. The molecule has 1 unspecified atom stereocenters. The molecule has 126 valence electrons. The summed E-state index contributed by atoms with van der Waals surface area (Å²) >= 11 is 0. The van der Waals surface area contributed by atoms with Crippen LogP contribution in [-0.2, 0) is 17.8 Å². The van der Waals surface area contributed by atoms with Crippen molar-refractivity contribution in [3.63, 3.8) is 0 Å². The highest BCUT2D eigenvalue weighted by Gasteiger charge is 2.35. The van der Waals surface area contributed by atoms with Crippen molar-refractivity contribution in [2.24, 2.45) is 5.92 Å². The average molecular weight is 316 g/mol. The Labute approximate surface area is 138 Å². The first kappa shape index (κ1) is 15.2. The van der Waals surface area contributed by atoms with Gasteiger partial charge in [-0.1, -0.05) is 19.3 Å². The second-order valence-electron chi connectivity index (χ2n) is 7.54. The van der Waals surface area contributed by atoms with Gasteiger partial charge < -0.3 is 9.47 Å². The zero-order valence-electron chi connectivity index (χ0n) is 14.0. The van der Waals surface area contributed by atoms with Gasteiger partial charge in [-0.3, -0.25) is 4.79 Å². The quantitative estimate of drug-likeness (QED) is 0.860. The molecule has 2 fully saturated rings. The fourth-order valence-electron chi connectivity index (χ4n) is 4.67. The maximum atomic E-state index is 12.8. The maximum Gasteiger partial charge on any atom is 0.223 e. The molecule has 2 aliphatic heterocycles. The van der Waals surface area contributed by atoms with Crippen molar-refractivity contribution < 1.29 is 4.79 Å². The molecular formula is C18H28N4O. The Morgan fingerprint density at radius 1 is 0.957 bits per heavy atom. The normalized spacial score (nSPS) is 25.6. The molecule has 4 rings (SSSR count). The molecule has 3 heterocycles. The van der Waals surface area contributed by atoms with Crippen LogP contribution < -0.4 is 0 Å². The number of likely N-dealkylation sites (tertiary alicyclic amines) is 1. The highest BCUT2D eigenvalue weighted by Crippen LogP contribution is 2.35. The molecular weight excluding hydrogens is 288 g/mol. The third-order valence-electron chi connectivity index (χ3n) is 5.95. The lowest BCUT2D eigenvalue weighted by atomic mass is 10.0. The molecule has 1 saturated heterocycles.